The van der Waals surface area contributed by atoms with E-state index in [4.69, 9.17) is 5.11 Å². The number of hydrogen-bond acceptors (Lipinski definition) is 5. The van der Waals surface area contributed by atoms with Gasteiger partial charge in [-0.25, -0.2) is 4.98 Å². The van der Waals surface area contributed by atoms with E-state index in [9.17, 15) is 9.90 Å². The summed E-state index contributed by atoms with van der Waals surface area (Å²) in [5.41, 5.74) is 1.07. The third-order valence-corrected chi connectivity index (χ3v) is 3.47. The molecule has 2 rings (SSSR count). The van der Waals surface area contributed by atoms with Gasteiger partial charge in [0.2, 0.25) is 0 Å². The molecule has 21 heavy (non-hydrogen) atoms. The van der Waals surface area contributed by atoms with Crippen molar-refractivity contribution in [1.29, 1.82) is 0 Å². The summed E-state index contributed by atoms with van der Waals surface area (Å²) < 4.78 is 0. The predicted octanol–water partition coefficient (Wildman–Crippen LogP) is 2.14. The maximum absolute atomic E-state index is 12.0. The molecule has 0 fully saturated rings. The van der Waals surface area contributed by atoms with Gasteiger partial charge in [0.1, 0.15) is 5.75 Å². The van der Waals surface area contributed by atoms with Gasteiger partial charge in [0, 0.05) is 12.0 Å². The molecule has 0 spiro atoms. The lowest BCUT2D eigenvalue weighted by Gasteiger charge is -2.03. The van der Waals surface area contributed by atoms with Gasteiger partial charge in [0.25, 0.3) is 5.91 Å². The van der Waals surface area contributed by atoms with Gasteiger partial charge in [-0.3, -0.25) is 10.1 Å². The van der Waals surface area contributed by atoms with E-state index in [1.54, 1.807) is 25.3 Å². The zero-order chi connectivity index (χ0) is 15.2. The van der Waals surface area contributed by atoms with Crippen molar-refractivity contribution in [2.45, 2.75) is 13.3 Å². The zero-order valence-corrected chi connectivity index (χ0v) is 12.2. The summed E-state index contributed by atoms with van der Waals surface area (Å²) in [5, 5.41) is 21.3. The van der Waals surface area contributed by atoms with Crippen LogP contribution in [0.2, 0.25) is 0 Å². The van der Waals surface area contributed by atoms with Crippen molar-refractivity contribution in [3.63, 3.8) is 0 Å². The SMILES string of the molecule is Cc1ccc(C(=O)Nc2ncc(C#CCCO)s2)cc1O. The molecule has 0 unspecified atom stereocenters. The van der Waals surface area contributed by atoms with Crippen LogP contribution in [0.5, 0.6) is 5.75 Å². The second-order valence-corrected chi connectivity index (χ2v) is 5.29. The van der Waals surface area contributed by atoms with E-state index < -0.39 is 0 Å². The highest BCUT2D eigenvalue weighted by molar-refractivity contribution is 7.16. The molecule has 0 aliphatic carbocycles. The molecule has 0 aliphatic rings. The lowest BCUT2D eigenvalue weighted by atomic mass is 10.1. The van der Waals surface area contributed by atoms with Crippen LogP contribution in [0.25, 0.3) is 0 Å². The first kappa shape index (κ1) is 15.0. The number of thiazole rings is 1. The summed E-state index contributed by atoms with van der Waals surface area (Å²) in [6, 6.07) is 4.73. The lowest BCUT2D eigenvalue weighted by Crippen LogP contribution is -2.11. The van der Waals surface area contributed by atoms with Crippen LogP contribution in [0.15, 0.2) is 24.4 Å². The van der Waals surface area contributed by atoms with Gasteiger partial charge in [-0.1, -0.05) is 29.2 Å². The quantitative estimate of drug-likeness (QED) is 0.759. The molecule has 1 heterocycles. The summed E-state index contributed by atoms with van der Waals surface area (Å²) in [7, 11) is 0. The number of aliphatic hydroxyl groups excluding tert-OH is 1. The van der Waals surface area contributed by atoms with Gasteiger partial charge in [-0.15, -0.1) is 0 Å². The molecule has 1 aromatic carbocycles. The number of nitrogens with zero attached hydrogens (tertiary/aromatic N) is 1. The van der Waals surface area contributed by atoms with E-state index in [2.05, 4.69) is 22.1 Å². The van der Waals surface area contributed by atoms with Gasteiger partial charge in [0.05, 0.1) is 17.7 Å². The molecule has 0 saturated carbocycles. The smallest absolute Gasteiger partial charge is 0.257 e. The average molecular weight is 302 g/mol. The Bertz CT molecular complexity index is 713. The van der Waals surface area contributed by atoms with E-state index in [0.717, 1.165) is 0 Å². The zero-order valence-electron chi connectivity index (χ0n) is 11.4. The maximum Gasteiger partial charge on any atom is 0.257 e. The molecule has 1 amide bonds. The summed E-state index contributed by atoms with van der Waals surface area (Å²) in [4.78, 5) is 16.8. The lowest BCUT2D eigenvalue weighted by molar-refractivity contribution is 0.102. The topological polar surface area (TPSA) is 82.5 Å². The first-order valence-electron chi connectivity index (χ1n) is 6.26. The van der Waals surface area contributed by atoms with Crippen LogP contribution in [0, 0.1) is 18.8 Å². The fraction of sp³-hybridized carbons (Fsp3) is 0.200. The predicted molar refractivity (Wildman–Crippen MR) is 81.5 cm³/mol. The third kappa shape index (κ3) is 4.05. The summed E-state index contributed by atoms with van der Waals surface area (Å²) in [5.74, 6) is 5.38. The molecule has 0 bridgehead atoms. The van der Waals surface area contributed by atoms with Gasteiger partial charge in [-0.2, -0.15) is 0 Å². The number of nitrogens with one attached hydrogen (secondary N) is 1. The molecular weight excluding hydrogens is 288 g/mol. The van der Waals surface area contributed by atoms with Gasteiger partial charge in [0.15, 0.2) is 5.13 Å². The first-order chi connectivity index (χ1) is 10.1. The minimum absolute atomic E-state index is 0.0202. The number of aliphatic hydroxyl groups is 1. The number of phenolic OH excluding ortho intramolecular Hbond substituents is 1. The van der Waals surface area contributed by atoms with Gasteiger partial charge < -0.3 is 10.2 Å². The Kier molecular flexibility index (Phi) is 4.93. The molecule has 0 atom stereocenters. The Morgan fingerprint density at radius 1 is 1.48 bits per heavy atom. The van der Waals surface area contributed by atoms with Crippen LogP contribution in [-0.2, 0) is 0 Å². The van der Waals surface area contributed by atoms with Crippen LogP contribution < -0.4 is 5.32 Å². The Balaban J connectivity index is 2.06. The number of hydrogen-bond donors (Lipinski definition) is 3. The number of amides is 1. The average Bonchev–Trinajstić information content (AvgIpc) is 2.89. The number of rotatable bonds is 3. The molecule has 1 aromatic heterocycles. The first-order valence-corrected chi connectivity index (χ1v) is 7.08. The van der Waals surface area contributed by atoms with Crippen molar-refractivity contribution in [2.75, 3.05) is 11.9 Å². The maximum atomic E-state index is 12.0. The van der Waals surface area contributed by atoms with E-state index >= 15 is 0 Å². The second kappa shape index (κ2) is 6.88. The number of phenols is 1. The van der Waals surface area contributed by atoms with Gasteiger partial charge in [-0.05, 0) is 24.6 Å². The van der Waals surface area contributed by atoms with E-state index in [0.29, 0.717) is 27.6 Å². The van der Waals surface area contributed by atoms with Crippen LogP contribution >= 0.6 is 11.3 Å². The van der Waals surface area contributed by atoms with Crippen LogP contribution in [-0.4, -0.2) is 27.7 Å². The van der Waals surface area contributed by atoms with Crippen molar-refractivity contribution in [3.05, 3.63) is 40.4 Å². The molecular formula is C15H14N2O3S. The van der Waals surface area contributed by atoms with Crippen LogP contribution in [0.4, 0.5) is 5.13 Å². The number of aryl methyl sites for hydroxylation is 1. The fourth-order valence-electron chi connectivity index (χ4n) is 1.52. The monoisotopic (exact) mass is 302 g/mol. The Hall–Kier alpha value is -2.36. The summed E-state index contributed by atoms with van der Waals surface area (Å²) in [6.45, 7) is 1.78. The standard InChI is InChI=1S/C15H14N2O3S/c1-10-5-6-11(8-13(10)19)14(20)17-15-16-9-12(21-15)4-2-3-7-18/h5-6,8-9,18-19H,3,7H2,1H3,(H,16,17,20). The number of aromatic hydroxyl groups is 1. The minimum Gasteiger partial charge on any atom is -0.508 e. The highest BCUT2D eigenvalue weighted by Gasteiger charge is 2.10. The highest BCUT2D eigenvalue weighted by atomic mass is 32.1. The van der Waals surface area contributed by atoms with E-state index in [1.807, 2.05) is 0 Å². The number of carbonyl (C=O) groups is 1. The molecule has 3 N–H and O–H groups in total. The normalized spacial score (nSPS) is 9.81. The number of carbonyl (C=O) groups excluding carboxylic acids is 1. The highest BCUT2D eigenvalue weighted by Crippen LogP contribution is 2.20. The molecule has 0 saturated heterocycles. The van der Waals surface area contributed by atoms with E-state index in [-0.39, 0.29) is 18.3 Å². The Labute approximate surface area is 126 Å². The largest absolute Gasteiger partial charge is 0.508 e. The molecule has 6 heteroatoms. The van der Waals surface area contributed by atoms with Crippen molar-refractivity contribution in [1.82, 2.24) is 4.98 Å². The van der Waals surface area contributed by atoms with Crippen LogP contribution in [0.1, 0.15) is 27.2 Å². The Morgan fingerprint density at radius 2 is 2.29 bits per heavy atom. The Morgan fingerprint density at radius 3 is 3.00 bits per heavy atom. The molecule has 5 nitrogen and oxygen atoms in total. The minimum atomic E-state index is -0.338. The number of anilines is 1. The summed E-state index contributed by atoms with van der Waals surface area (Å²) >= 11 is 1.25. The molecule has 0 radical (unpaired) electrons. The number of aromatic nitrogens is 1. The summed E-state index contributed by atoms with van der Waals surface area (Å²) in [6.07, 6.45) is 1.97. The number of benzene rings is 1. The molecule has 108 valence electrons. The van der Waals surface area contributed by atoms with Crippen molar-refractivity contribution >= 4 is 22.4 Å². The molecule has 2 aromatic rings. The van der Waals surface area contributed by atoms with Gasteiger partial charge >= 0.3 is 0 Å². The fourth-order valence-corrected chi connectivity index (χ4v) is 2.20. The third-order valence-electron chi connectivity index (χ3n) is 2.65. The van der Waals surface area contributed by atoms with Crippen molar-refractivity contribution in [2.24, 2.45) is 0 Å². The van der Waals surface area contributed by atoms with Crippen molar-refractivity contribution in [3.8, 4) is 17.6 Å². The van der Waals surface area contributed by atoms with E-state index in [1.165, 1.54) is 17.4 Å². The van der Waals surface area contributed by atoms with Crippen LogP contribution in [0.3, 0.4) is 0 Å². The van der Waals surface area contributed by atoms with Crippen molar-refractivity contribution < 1.29 is 15.0 Å². The second-order valence-electron chi connectivity index (χ2n) is 4.26. The molecule has 0 aliphatic heterocycles.